The van der Waals surface area contributed by atoms with E-state index < -0.39 is 5.82 Å². The Labute approximate surface area is 101 Å². The first-order chi connectivity index (χ1) is 7.61. The molecule has 16 heavy (non-hydrogen) atoms. The van der Waals surface area contributed by atoms with E-state index in [1.165, 1.54) is 12.1 Å². The monoisotopic (exact) mass is 287 g/mol. The molecular weight excluding hydrogens is 277 g/mol. The second-order valence-corrected chi connectivity index (χ2v) is 3.90. The zero-order valence-corrected chi connectivity index (χ0v) is 10.1. The second-order valence-electron chi connectivity index (χ2n) is 2.99. The number of halogens is 2. The van der Waals surface area contributed by atoms with E-state index in [2.05, 4.69) is 27.8 Å². The van der Waals surface area contributed by atoms with Gasteiger partial charge < -0.3 is 10.1 Å². The predicted molar refractivity (Wildman–Crippen MR) is 62.8 cm³/mol. The summed E-state index contributed by atoms with van der Waals surface area (Å²) in [6.45, 7) is 3.70. The van der Waals surface area contributed by atoms with Crippen LogP contribution in [0.25, 0.3) is 0 Å². The van der Waals surface area contributed by atoms with Crippen LogP contribution in [0.1, 0.15) is 0 Å². The molecule has 0 heterocycles. The lowest BCUT2D eigenvalue weighted by Gasteiger charge is -2.06. The summed E-state index contributed by atoms with van der Waals surface area (Å²) < 4.78 is 18.6. The Kier molecular flexibility index (Phi) is 4.98. The van der Waals surface area contributed by atoms with Crippen molar-refractivity contribution in [3.8, 4) is 5.75 Å². The Balaban J connectivity index is 2.47. The van der Waals surface area contributed by atoms with Crippen LogP contribution in [0.2, 0.25) is 0 Å². The third kappa shape index (κ3) is 4.44. The molecule has 0 radical (unpaired) electrons. The first-order valence-corrected chi connectivity index (χ1v) is 5.37. The van der Waals surface area contributed by atoms with Gasteiger partial charge in [-0.3, -0.25) is 4.79 Å². The standard InChI is InChI=1S/C11H11BrFNO2/c1-2-3-14-11(15)7-16-10-5-8(12)4-9(13)6-10/h2,4-6H,1,3,7H2,(H,14,15). The van der Waals surface area contributed by atoms with Crippen LogP contribution in [0.4, 0.5) is 4.39 Å². The van der Waals surface area contributed by atoms with Crippen molar-refractivity contribution in [2.45, 2.75) is 0 Å². The molecule has 0 spiro atoms. The van der Waals surface area contributed by atoms with Crippen molar-refractivity contribution >= 4 is 21.8 Å². The SMILES string of the molecule is C=CCNC(=O)COc1cc(F)cc(Br)c1. The lowest BCUT2D eigenvalue weighted by Crippen LogP contribution is -2.28. The first kappa shape index (κ1) is 12.7. The summed E-state index contributed by atoms with van der Waals surface area (Å²) in [5, 5.41) is 2.54. The summed E-state index contributed by atoms with van der Waals surface area (Å²) >= 11 is 3.13. The molecule has 1 N–H and O–H groups in total. The average Bonchev–Trinajstić information content (AvgIpc) is 2.22. The van der Waals surface area contributed by atoms with Crippen molar-refractivity contribution in [2.24, 2.45) is 0 Å². The van der Waals surface area contributed by atoms with Gasteiger partial charge in [0.25, 0.3) is 5.91 Å². The minimum Gasteiger partial charge on any atom is -0.484 e. The summed E-state index contributed by atoms with van der Waals surface area (Å²) in [6, 6.07) is 4.11. The number of amides is 1. The first-order valence-electron chi connectivity index (χ1n) is 4.58. The van der Waals surface area contributed by atoms with Gasteiger partial charge in [-0.2, -0.15) is 0 Å². The fourth-order valence-corrected chi connectivity index (χ4v) is 1.44. The summed E-state index contributed by atoms with van der Waals surface area (Å²) in [4.78, 5) is 11.2. The molecule has 0 saturated carbocycles. The smallest absolute Gasteiger partial charge is 0.258 e. The maximum absolute atomic E-state index is 12.9. The highest BCUT2D eigenvalue weighted by Crippen LogP contribution is 2.20. The molecule has 0 aliphatic rings. The summed E-state index contributed by atoms with van der Waals surface area (Å²) in [5.74, 6) is -0.392. The molecule has 1 aromatic rings. The normalized spacial score (nSPS) is 9.62. The number of benzene rings is 1. The maximum Gasteiger partial charge on any atom is 0.258 e. The molecular formula is C11H11BrFNO2. The van der Waals surface area contributed by atoms with Gasteiger partial charge in [0.1, 0.15) is 11.6 Å². The van der Waals surface area contributed by atoms with E-state index in [0.717, 1.165) is 0 Å². The molecule has 0 bridgehead atoms. The molecule has 0 aromatic heterocycles. The van der Waals surface area contributed by atoms with E-state index in [1.807, 2.05) is 0 Å². The van der Waals surface area contributed by atoms with Gasteiger partial charge in [-0.1, -0.05) is 22.0 Å². The van der Waals surface area contributed by atoms with Gasteiger partial charge in [0.15, 0.2) is 6.61 Å². The van der Waals surface area contributed by atoms with E-state index in [1.54, 1.807) is 12.1 Å². The van der Waals surface area contributed by atoms with E-state index in [-0.39, 0.29) is 12.5 Å². The van der Waals surface area contributed by atoms with Crippen LogP contribution in [-0.2, 0) is 4.79 Å². The van der Waals surface area contributed by atoms with Crippen molar-refractivity contribution < 1.29 is 13.9 Å². The van der Waals surface area contributed by atoms with Gasteiger partial charge in [0.2, 0.25) is 0 Å². The maximum atomic E-state index is 12.9. The van der Waals surface area contributed by atoms with Crippen LogP contribution >= 0.6 is 15.9 Å². The lowest BCUT2D eigenvalue weighted by atomic mass is 10.3. The molecule has 0 aliphatic heterocycles. The van der Waals surface area contributed by atoms with Crippen LogP contribution in [0.5, 0.6) is 5.75 Å². The molecule has 1 rings (SSSR count). The van der Waals surface area contributed by atoms with Crippen LogP contribution in [-0.4, -0.2) is 19.1 Å². The largest absolute Gasteiger partial charge is 0.484 e. The van der Waals surface area contributed by atoms with Gasteiger partial charge in [-0.05, 0) is 12.1 Å². The highest BCUT2D eigenvalue weighted by Gasteiger charge is 2.03. The third-order valence-electron chi connectivity index (χ3n) is 1.65. The number of hydrogen-bond acceptors (Lipinski definition) is 2. The Morgan fingerprint density at radius 3 is 2.94 bits per heavy atom. The van der Waals surface area contributed by atoms with Gasteiger partial charge in [-0.25, -0.2) is 4.39 Å². The minimum absolute atomic E-state index is 0.149. The molecule has 1 aromatic carbocycles. The van der Waals surface area contributed by atoms with Crippen LogP contribution < -0.4 is 10.1 Å². The van der Waals surface area contributed by atoms with Gasteiger partial charge >= 0.3 is 0 Å². The van der Waals surface area contributed by atoms with Crippen molar-refractivity contribution in [2.75, 3.05) is 13.2 Å². The molecule has 86 valence electrons. The Bertz CT molecular complexity index is 375. The highest BCUT2D eigenvalue weighted by atomic mass is 79.9. The number of hydrogen-bond donors (Lipinski definition) is 1. The molecule has 5 heteroatoms. The number of rotatable bonds is 5. The summed E-state index contributed by atoms with van der Waals surface area (Å²) in [5.41, 5.74) is 0. The quantitative estimate of drug-likeness (QED) is 0.844. The van der Waals surface area contributed by atoms with E-state index in [0.29, 0.717) is 16.8 Å². The van der Waals surface area contributed by atoms with E-state index in [9.17, 15) is 9.18 Å². The fourth-order valence-electron chi connectivity index (χ4n) is 0.998. The van der Waals surface area contributed by atoms with Crippen molar-refractivity contribution in [1.82, 2.24) is 5.32 Å². The average molecular weight is 288 g/mol. The summed E-state index contributed by atoms with van der Waals surface area (Å²) in [7, 11) is 0. The Morgan fingerprint density at radius 1 is 1.56 bits per heavy atom. The fraction of sp³-hybridized carbons (Fsp3) is 0.182. The number of carbonyl (C=O) groups is 1. The molecule has 0 aliphatic carbocycles. The lowest BCUT2D eigenvalue weighted by molar-refractivity contribution is -0.122. The number of nitrogens with one attached hydrogen (secondary N) is 1. The number of carbonyl (C=O) groups excluding carboxylic acids is 1. The van der Waals surface area contributed by atoms with Crippen molar-refractivity contribution in [3.63, 3.8) is 0 Å². The van der Waals surface area contributed by atoms with Crippen LogP contribution in [0.15, 0.2) is 35.3 Å². The van der Waals surface area contributed by atoms with Gasteiger partial charge in [-0.15, -0.1) is 6.58 Å². The topological polar surface area (TPSA) is 38.3 Å². The zero-order chi connectivity index (χ0) is 12.0. The Morgan fingerprint density at radius 2 is 2.31 bits per heavy atom. The predicted octanol–water partition coefficient (Wildman–Crippen LogP) is 2.27. The molecule has 1 amide bonds. The number of ether oxygens (including phenoxy) is 1. The second kappa shape index (κ2) is 6.27. The third-order valence-corrected chi connectivity index (χ3v) is 2.11. The molecule has 3 nitrogen and oxygen atoms in total. The Hall–Kier alpha value is -1.36. The summed E-state index contributed by atoms with van der Waals surface area (Å²) in [6.07, 6.45) is 1.57. The van der Waals surface area contributed by atoms with Crippen molar-refractivity contribution in [1.29, 1.82) is 0 Å². The van der Waals surface area contributed by atoms with Gasteiger partial charge in [0, 0.05) is 17.1 Å². The molecule has 0 unspecified atom stereocenters. The van der Waals surface area contributed by atoms with Crippen molar-refractivity contribution in [3.05, 3.63) is 41.1 Å². The minimum atomic E-state index is -0.420. The highest BCUT2D eigenvalue weighted by molar-refractivity contribution is 9.10. The van der Waals surface area contributed by atoms with E-state index >= 15 is 0 Å². The molecule has 0 fully saturated rings. The van der Waals surface area contributed by atoms with E-state index in [4.69, 9.17) is 4.74 Å². The van der Waals surface area contributed by atoms with Crippen LogP contribution in [0, 0.1) is 5.82 Å². The van der Waals surface area contributed by atoms with Crippen LogP contribution in [0.3, 0.4) is 0 Å². The molecule has 0 atom stereocenters. The molecule has 0 saturated heterocycles. The zero-order valence-electron chi connectivity index (χ0n) is 8.50. The van der Waals surface area contributed by atoms with Gasteiger partial charge in [0.05, 0.1) is 0 Å².